The van der Waals surface area contributed by atoms with E-state index in [1.165, 1.54) is 70.6 Å². The van der Waals surface area contributed by atoms with Gasteiger partial charge in [-0.1, -0.05) is 192 Å². The lowest BCUT2D eigenvalue weighted by molar-refractivity contribution is 1.15. The number of fused-ring (bicyclic) bond motifs is 4. The summed E-state index contributed by atoms with van der Waals surface area (Å²) in [5, 5.41) is 5.65. The Bertz CT molecular complexity index is 2160. The summed E-state index contributed by atoms with van der Waals surface area (Å²) in [6.07, 6.45) is 1.97. The normalized spacial score (nSPS) is 13.0. The number of hydrogen-bond donors (Lipinski definition) is 0. The van der Waals surface area contributed by atoms with Crippen LogP contribution in [-0.4, -0.2) is 14.8 Å². The molecule has 2 heterocycles. The molecule has 0 unspecified atom stereocenters. The van der Waals surface area contributed by atoms with Crippen molar-refractivity contribution in [1.29, 1.82) is 0 Å². The smallest absolute Gasteiger partial charge is 0.0667 e. The molecule has 0 radical (unpaired) electrons. The zero-order chi connectivity index (χ0) is 31.4. The van der Waals surface area contributed by atoms with Crippen molar-refractivity contribution < 1.29 is 0 Å². The van der Waals surface area contributed by atoms with Crippen LogP contribution in [-0.2, 0) is 12.8 Å². The van der Waals surface area contributed by atoms with E-state index in [4.69, 9.17) is 0 Å². The van der Waals surface area contributed by atoms with Gasteiger partial charge in [0, 0.05) is 0 Å². The average molecular weight is 615 g/mol. The van der Waals surface area contributed by atoms with Gasteiger partial charge < -0.3 is 0 Å². The average Bonchev–Trinajstić information content (AvgIpc) is 3.13. The van der Waals surface area contributed by atoms with Crippen molar-refractivity contribution in [3.63, 3.8) is 0 Å². The van der Waals surface area contributed by atoms with Crippen molar-refractivity contribution >= 4 is 51.9 Å². The molecular weight excluding hydrogens is 579 g/mol. The van der Waals surface area contributed by atoms with Crippen molar-refractivity contribution in [2.75, 3.05) is 0 Å². The second-order valence-corrected chi connectivity index (χ2v) is 17.1. The molecule has 9 rings (SSSR count). The van der Waals surface area contributed by atoms with E-state index in [2.05, 4.69) is 177 Å². The summed E-state index contributed by atoms with van der Waals surface area (Å²) >= 11 is 0. The number of aryl methyl sites for hydroxylation is 1. The zero-order valence-corrected chi connectivity index (χ0v) is 27.7. The minimum Gasteiger partial charge on any atom is -0.0667 e. The lowest BCUT2D eigenvalue weighted by Gasteiger charge is -2.35. The topological polar surface area (TPSA) is 0 Å². The fourth-order valence-electron chi connectivity index (χ4n) is 8.64. The second kappa shape index (κ2) is 11.3. The quantitative estimate of drug-likeness (QED) is 0.181. The van der Waals surface area contributed by atoms with Crippen molar-refractivity contribution in [3.8, 4) is 11.1 Å². The van der Waals surface area contributed by atoms with Crippen LogP contribution < -0.4 is 37.1 Å². The van der Waals surface area contributed by atoms with E-state index in [-0.39, 0.29) is 0 Å². The van der Waals surface area contributed by atoms with Crippen molar-refractivity contribution in [3.05, 3.63) is 198 Å². The van der Waals surface area contributed by atoms with Gasteiger partial charge in [0.25, 0.3) is 0 Å². The lowest BCUT2D eigenvalue weighted by atomic mass is 9.30. The summed E-state index contributed by atoms with van der Waals surface area (Å²) in [6.45, 7) is 2.53. The van der Waals surface area contributed by atoms with E-state index in [0.29, 0.717) is 6.71 Å². The van der Waals surface area contributed by atoms with Crippen molar-refractivity contribution in [2.45, 2.75) is 19.8 Å². The van der Waals surface area contributed by atoms with Gasteiger partial charge in [-0.2, -0.15) is 0 Å². The fourth-order valence-corrected chi connectivity index (χ4v) is 13.5. The molecule has 0 spiro atoms. The third kappa shape index (κ3) is 4.51. The van der Waals surface area contributed by atoms with Gasteiger partial charge >= 0.3 is 0 Å². The maximum absolute atomic E-state index is 2.64. The Morgan fingerprint density at radius 2 is 0.894 bits per heavy atom. The molecule has 0 aromatic heterocycles. The van der Waals surface area contributed by atoms with Gasteiger partial charge in [-0.15, -0.1) is 0 Å². The summed E-state index contributed by atoms with van der Waals surface area (Å²) < 4.78 is 0. The van der Waals surface area contributed by atoms with Gasteiger partial charge in [0.2, 0.25) is 6.71 Å². The molecule has 2 aliphatic rings. The molecule has 7 aromatic carbocycles. The second-order valence-electron chi connectivity index (χ2n) is 13.3. The molecule has 0 amide bonds. The minimum absolute atomic E-state index is 0.313. The van der Waals surface area contributed by atoms with Gasteiger partial charge in [0.05, 0.1) is 0 Å². The van der Waals surface area contributed by atoms with Crippen LogP contribution >= 0.6 is 0 Å². The minimum atomic E-state index is -2.64. The third-order valence-electron chi connectivity index (χ3n) is 10.6. The molecule has 0 saturated heterocycles. The molecule has 0 saturated carbocycles. The fraction of sp³-hybridized carbons (Fsp3) is 0.0667. The standard InChI is InChI=1S/C45H35BSi/c1-32-14-12-22-41(26-32)47(39-18-4-2-5-19-39,40-20-6-3-7-21-40)42-23-13-17-33(31-42)36-29-37-27-34-15-8-10-24-43(34)46-44-25-11-9-16-35(44)28-38(30-36)45(37)46/h2-26,29-31H,27-28H2,1H3. The SMILES string of the molecule is Cc1cccc([Si](c2ccccc2)(c2ccccc2)c2cccc(-c3cc4c5c(c3)Cc3ccccc3B5c3ccccc3C4)c2)c1. The van der Waals surface area contributed by atoms with Crippen LogP contribution in [0.15, 0.2) is 170 Å². The number of hydrogen-bond acceptors (Lipinski definition) is 0. The molecule has 0 bridgehead atoms. The largest absolute Gasteiger partial charge is 0.242 e. The third-order valence-corrected chi connectivity index (χ3v) is 15.4. The molecule has 0 fully saturated rings. The van der Waals surface area contributed by atoms with Crippen LogP contribution in [0.5, 0.6) is 0 Å². The summed E-state index contributed by atoms with van der Waals surface area (Å²) in [4.78, 5) is 0. The first-order valence-electron chi connectivity index (χ1n) is 16.8. The summed E-state index contributed by atoms with van der Waals surface area (Å²) in [5.41, 5.74) is 14.3. The maximum Gasteiger partial charge on any atom is 0.242 e. The van der Waals surface area contributed by atoms with Gasteiger partial charge in [-0.05, 0) is 73.9 Å². The Balaban J connectivity index is 1.27. The lowest BCUT2D eigenvalue weighted by Crippen LogP contribution is -2.74. The molecule has 0 atom stereocenters. The predicted molar refractivity (Wildman–Crippen MR) is 203 cm³/mol. The molecule has 222 valence electrons. The van der Waals surface area contributed by atoms with Crippen molar-refractivity contribution in [2.24, 2.45) is 0 Å². The van der Waals surface area contributed by atoms with Crippen LogP contribution in [0.3, 0.4) is 0 Å². The monoisotopic (exact) mass is 614 g/mol. The first-order chi connectivity index (χ1) is 23.2. The molecule has 0 aliphatic carbocycles. The molecule has 7 aromatic rings. The first-order valence-corrected chi connectivity index (χ1v) is 18.8. The van der Waals surface area contributed by atoms with Crippen LogP contribution in [0.25, 0.3) is 11.1 Å². The Morgan fingerprint density at radius 1 is 0.404 bits per heavy atom. The Hall–Kier alpha value is -5.18. The molecular formula is C45H35BSi. The van der Waals surface area contributed by atoms with Gasteiger partial charge in [-0.3, -0.25) is 0 Å². The summed E-state index contributed by atoms with van der Waals surface area (Å²) in [6, 6.07) is 64.6. The van der Waals surface area contributed by atoms with E-state index in [1.54, 1.807) is 5.46 Å². The van der Waals surface area contributed by atoms with E-state index >= 15 is 0 Å². The summed E-state index contributed by atoms with van der Waals surface area (Å²) in [7, 11) is -2.64. The molecule has 47 heavy (non-hydrogen) atoms. The van der Waals surface area contributed by atoms with Gasteiger partial charge in [0.1, 0.15) is 0 Å². The van der Waals surface area contributed by atoms with Gasteiger partial charge in [-0.25, -0.2) is 0 Å². The highest BCUT2D eigenvalue weighted by atomic mass is 28.3. The van der Waals surface area contributed by atoms with Crippen molar-refractivity contribution in [1.82, 2.24) is 0 Å². The summed E-state index contributed by atoms with van der Waals surface area (Å²) in [5.74, 6) is 0. The highest BCUT2D eigenvalue weighted by Crippen LogP contribution is 2.29. The van der Waals surface area contributed by atoms with E-state index in [1.807, 2.05) is 0 Å². The zero-order valence-electron chi connectivity index (χ0n) is 26.7. The molecule has 0 nitrogen and oxygen atoms in total. The predicted octanol–water partition coefficient (Wildman–Crippen LogP) is 5.36. The highest BCUT2D eigenvalue weighted by molar-refractivity contribution is 7.20. The van der Waals surface area contributed by atoms with E-state index in [9.17, 15) is 0 Å². The number of rotatable bonds is 5. The van der Waals surface area contributed by atoms with E-state index in [0.717, 1.165) is 12.8 Å². The van der Waals surface area contributed by atoms with Crippen LogP contribution in [0.1, 0.15) is 27.8 Å². The maximum atomic E-state index is 2.52. The Labute approximate surface area is 279 Å². The molecule has 2 heteroatoms. The van der Waals surface area contributed by atoms with Crippen LogP contribution in [0.2, 0.25) is 0 Å². The first kappa shape index (κ1) is 28.1. The van der Waals surface area contributed by atoms with Crippen LogP contribution in [0, 0.1) is 6.92 Å². The Morgan fingerprint density at radius 3 is 1.47 bits per heavy atom. The number of benzene rings is 7. The van der Waals surface area contributed by atoms with E-state index < -0.39 is 8.07 Å². The van der Waals surface area contributed by atoms with Crippen LogP contribution in [0.4, 0.5) is 0 Å². The molecule has 2 aliphatic heterocycles. The Kier molecular flexibility index (Phi) is 6.73. The van der Waals surface area contributed by atoms with Gasteiger partial charge in [0.15, 0.2) is 8.07 Å². The molecule has 0 N–H and O–H groups in total. The highest BCUT2D eigenvalue weighted by Gasteiger charge is 2.42.